The molecule has 0 amide bonds. The first-order chi connectivity index (χ1) is 7.72. The topological polar surface area (TPSA) is 50.1 Å². The largest absolute Gasteiger partial charge is 0.389 e. The van der Waals surface area contributed by atoms with Gasteiger partial charge in [-0.05, 0) is 44.8 Å². The van der Waals surface area contributed by atoms with E-state index in [4.69, 9.17) is 0 Å². The van der Waals surface area contributed by atoms with Crippen LogP contribution in [0.5, 0.6) is 0 Å². The Morgan fingerprint density at radius 1 is 1.50 bits per heavy atom. The fourth-order valence-electron chi connectivity index (χ4n) is 2.34. The Hall–Kier alpha value is -0.870. The van der Waals surface area contributed by atoms with Gasteiger partial charge in [0, 0.05) is 19.2 Å². The number of hydrogen-bond donors (Lipinski definition) is 2. The maximum absolute atomic E-state index is 10.5. The molecular formula is C12H21N3O. The average Bonchev–Trinajstić information content (AvgIpc) is 2.60. The van der Waals surface area contributed by atoms with Gasteiger partial charge in [0.2, 0.25) is 0 Å². The third-order valence-electron chi connectivity index (χ3n) is 3.31. The van der Waals surface area contributed by atoms with E-state index in [9.17, 15) is 5.11 Å². The zero-order chi connectivity index (χ0) is 11.4. The monoisotopic (exact) mass is 223 g/mol. The number of rotatable bonds is 3. The molecule has 4 nitrogen and oxygen atoms in total. The average molecular weight is 223 g/mol. The minimum atomic E-state index is -0.537. The summed E-state index contributed by atoms with van der Waals surface area (Å²) in [7, 11) is 0. The lowest BCUT2D eigenvalue weighted by Crippen LogP contribution is -2.32. The summed E-state index contributed by atoms with van der Waals surface area (Å²) in [5.74, 6) is 0. The Balaban J connectivity index is 2.00. The molecule has 0 bridgehead atoms. The Morgan fingerprint density at radius 2 is 2.38 bits per heavy atom. The summed E-state index contributed by atoms with van der Waals surface area (Å²) < 4.78 is 1.91. The van der Waals surface area contributed by atoms with Crippen molar-refractivity contribution in [2.45, 2.75) is 44.8 Å². The van der Waals surface area contributed by atoms with Crippen molar-refractivity contribution in [2.75, 3.05) is 13.1 Å². The van der Waals surface area contributed by atoms with Gasteiger partial charge >= 0.3 is 0 Å². The summed E-state index contributed by atoms with van der Waals surface area (Å²) in [6, 6.07) is 0. The zero-order valence-corrected chi connectivity index (χ0v) is 9.95. The van der Waals surface area contributed by atoms with Crippen LogP contribution in [0.1, 0.15) is 31.7 Å². The van der Waals surface area contributed by atoms with Crippen molar-refractivity contribution in [3.05, 3.63) is 18.0 Å². The molecule has 1 aliphatic rings. The molecule has 2 N–H and O–H groups in total. The molecule has 1 atom stereocenters. The second kappa shape index (κ2) is 4.97. The van der Waals surface area contributed by atoms with Crippen LogP contribution in [0.3, 0.4) is 0 Å². The number of aromatic nitrogens is 2. The van der Waals surface area contributed by atoms with E-state index in [1.807, 2.05) is 17.1 Å². The summed E-state index contributed by atoms with van der Waals surface area (Å²) in [6.45, 7) is 4.90. The van der Waals surface area contributed by atoms with Gasteiger partial charge in [-0.3, -0.25) is 4.68 Å². The summed E-state index contributed by atoms with van der Waals surface area (Å²) in [5, 5.41) is 18.1. The second-order valence-electron chi connectivity index (χ2n) is 4.71. The first-order valence-electron chi connectivity index (χ1n) is 6.16. The van der Waals surface area contributed by atoms with E-state index >= 15 is 0 Å². The van der Waals surface area contributed by atoms with Crippen LogP contribution in [0.25, 0.3) is 0 Å². The Bertz CT molecular complexity index is 327. The second-order valence-corrected chi connectivity index (χ2v) is 4.71. The number of aliphatic hydroxyl groups is 1. The molecule has 16 heavy (non-hydrogen) atoms. The smallest absolute Gasteiger partial charge is 0.0701 e. The van der Waals surface area contributed by atoms with Gasteiger partial charge in [0.05, 0.1) is 11.8 Å². The van der Waals surface area contributed by atoms with E-state index in [0.29, 0.717) is 0 Å². The molecule has 0 spiro atoms. The Kier molecular flexibility index (Phi) is 3.61. The fourth-order valence-corrected chi connectivity index (χ4v) is 2.34. The van der Waals surface area contributed by atoms with E-state index < -0.39 is 5.60 Å². The lowest BCUT2D eigenvalue weighted by atomic mass is 9.89. The van der Waals surface area contributed by atoms with Crippen molar-refractivity contribution < 1.29 is 5.11 Å². The minimum absolute atomic E-state index is 0.537. The van der Waals surface area contributed by atoms with E-state index in [2.05, 4.69) is 17.3 Å². The molecule has 0 aromatic carbocycles. The zero-order valence-electron chi connectivity index (χ0n) is 9.95. The van der Waals surface area contributed by atoms with Crippen LogP contribution in [0, 0.1) is 0 Å². The summed E-state index contributed by atoms with van der Waals surface area (Å²) in [5.41, 5.74) is 0.608. The minimum Gasteiger partial charge on any atom is -0.389 e. The van der Waals surface area contributed by atoms with Gasteiger partial charge in [-0.1, -0.05) is 0 Å². The normalized spacial score (nSPS) is 26.6. The van der Waals surface area contributed by atoms with Gasteiger partial charge in [0.25, 0.3) is 0 Å². The highest BCUT2D eigenvalue weighted by atomic mass is 16.3. The van der Waals surface area contributed by atoms with Crippen LogP contribution >= 0.6 is 0 Å². The van der Waals surface area contributed by atoms with Gasteiger partial charge in [-0.25, -0.2) is 0 Å². The van der Waals surface area contributed by atoms with Crippen LogP contribution < -0.4 is 5.32 Å². The Labute approximate surface area is 96.7 Å². The predicted octanol–water partition coefficient (Wildman–Crippen LogP) is 0.950. The first kappa shape index (κ1) is 11.6. The Morgan fingerprint density at radius 3 is 3.12 bits per heavy atom. The maximum atomic E-state index is 10.5. The summed E-state index contributed by atoms with van der Waals surface area (Å²) >= 11 is 0. The van der Waals surface area contributed by atoms with Crippen molar-refractivity contribution >= 4 is 0 Å². The van der Waals surface area contributed by atoms with Gasteiger partial charge < -0.3 is 10.4 Å². The molecular weight excluding hydrogens is 202 g/mol. The number of nitrogens with one attached hydrogen (secondary N) is 1. The number of nitrogens with zero attached hydrogens (tertiary/aromatic N) is 2. The van der Waals surface area contributed by atoms with E-state index in [0.717, 1.165) is 50.9 Å². The molecule has 4 heteroatoms. The molecule has 0 saturated carbocycles. The van der Waals surface area contributed by atoms with Crippen LogP contribution in [0.15, 0.2) is 12.4 Å². The highest BCUT2D eigenvalue weighted by molar-refractivity contribution is 5.08. The fraction of sp³-hybridized carbons (Fsp3) is 0.750. The maximum Gasteiger partial charge on any atom is 0.0701 e. The number of aryl methyl sites for hydroxylation is 1. The van der Waals surface area contributed by atoms with Gasteiger partial charge in [0.1, 0.15) is 0 Å². The van der Waals surface area contributed by atoms with Crippen LogP contribution in [0.2, 0.25) is 0 Å². The van der Waals surface area contributed by atoms with Crippen molar-refractivity contribution in [1.29, 1.82) is 0 Å². The van der Waals surface area contributed by atoms with Gasteiger partial charge in [-0.2, -0.15) is 5.10 Å². The van der Waals surface area contributed by atoms with Crippen LogP contribution in [-0.4, -0.2) is 33.6 Å². The molecule has 90 valence electrons. The summed E-state index contributed by atoms with van der Waals surface area (Å²) in [6.07, 6.45) is 7.42. The molecule has 2 rings (SSSR count). The molecule has 1 fully saturated rings. The highest BCUT2D eigenvalue weighted by Crippen LogP contribution is 2.24. The molecule has 0 aliphatic carbocycles. The molecule has 1 saturated heterocycles. The van der Waals surface area contributed by atoms with Gasteiger partial charge in [0.15, 0.2) is 0 Å². The lowest BCUT2D eigenvalue weighted by Gasteiger charge is -2.25. The van der Waals surface area contributed by atoms with Crippen molar-refractivity contribution in [1.82, 2.24) is 15.1 Å². The molecule has 1 aromatic rings. The van der Waals surface area contributed by atoms with Crippen molar-refractivity contribution in [3.8, 4) is 0 Å². The van der Waals surface area contributed by atoms with Crippen LogP contribution in [-0.2, 0) is 13.0 Å². The lowest BCUT2D eigenvalue weighted by molar-refractivity contribution is 0.0284. The molecule has 1 aliphatic heterocycles. The highest BCUT2D eigenvalue weighted by Gasteiger charge is 2.28. The van der Waals surface area contributed by atoms with Gasteiger partial charge in [-0.15, -0.1) is 0 Å². The van der Waals surface area contributed by atoms with Crippen molar-refractivity contribution in [2.24, 2.45) is 0 Å². The van der Waals surface area contributed by atoms with E-state index in [-0.39, 0.29) is 0 Å². The molecule has 0 radical (unpaired) electrons. The third-order valence-corrected chi connectivity index (χ3v) is 3.31. The summed E-state index contributed by atoms with van der Waals surface area (Å²) in [4.78, 5) is 0. The van der Waals surface area contributed by atoms with Crippen molar-refractivity contribution in [3.63, 3.8) is 0 Å². The SMILES string of the molecule is CCn1cc(CC2(O)CCCNCC2)cn1. The van der Waals surface area contributed by atoms with E-state index in [1.54, 1.807) is 0 Å². The first-order valence-corrected chi connectivity index (χ1v) is 6.16. The van der Waals surface area contributed by atoms with Crippen LogP contribution in [0.4, 0.5) is 0 Å². The predicted molar refractivity (Wildman–Crippen MR) is 63.3 cm³/mol. The number of hydrogen-bond acceptors (Lipinski definition) is 3. The standard InChI is InChI=1S/C12H21N3O/c1-2-15-10-11(9-14-15)8-12(16)4-3-6-13-7-5-12/h9-10,13,16H,2-8H2,1H3. The molecule has 1 aromatic heterocycles. The van der Waals surface area contributed by atoms with E-state index in [1.165, 1.54) is 0 Å². The third kappa shape index (κ3) is 2.83. The molecule has 2 heterocycles. The molecule has 1 unspecified atom stereocenters. The quantitative estimate of drug-likeness (QED) is 0.802.